The fourth-order valence-corrected chi connectivity index (χ4v) is 2.99. The van der Waals surface area contributed by atoms with Crippen molar-refractivity contribution in [3.8, 4) is 0 Å². The van der Waals surface area contributed by atoms with Crippen LogP contribution in [0.15, 0.2) is 24.5 Å². The van der Waals surface area contributed by atoms with Gasteiger partial charge in [-0.05, 0) is 38.5 Å². The third-order valence-electron chi connectivity index (χ3n) is 3.09. The van der Waals surface area contributed by atoms with Crippen molar-refractivity contribution < 1.29 is 4.21 Å². The molecule has 1 aromatic heterocycles. The van der Waals surface area contributed by atoms with Gasteiger partial charge >= 0.3 is 0 Å². The van der Waals surface area contributed by atoms with Crippen LogP contribution in [0.1, 0.15) is 32.2 Å². The Morgan fingerprint density at radius 3 is 2.73 bits per heavy atom. The van der Waals surface area contributed by atoms with Gasteiger partial charge in [-0.25, -0.2) is 9.67 Å². The maximum absolute atomic E-state index is 11.3. The lowest BCUT2D eigenvalue weighted by atomic mass is 10.1. The Kier molecular flexibility index (Phi) is 5.24. The molecule has 0 aliphatic carbocycles. The van der Waals surface area contributed by atoms with Gasteiger partial charge in [0.05, 0.1) is 22.8 Å². The lowest BCUT2D eigenvalue weighted by molar-refractivity contribution is 0.343. The average molecular weight is 341 g/mol. The summed E-state index contributed by atoms with van der Waals surface area (Å²) in [6.07, 6.45) is 3.24. The van der Waals surface area contributed by atoms with Gasteiger partial charge in [0.2, 0.25) is 0 Å². The summed E-state index contributed by atoms with van der Waals surface area (Å²) in [6.45, 7) is 6.76. The number of hydrogen-bond donors (Lipinski definition) is 1. The Balaban J connectivity index is 2.15. The molecule has 7 heteroatoms. The van der Waals surface area contributed by atoms with Crippen LogP contribution in [0.3, 0.4) is 0 Å². The van der Waals surface area contributed by atoms with Crippen molar-refractivity contribution >= 4 is 28.1 Å². The van der Waals surface area contributed by atoms with Crippen LogP contribution < -0.4 is 5.32 Å². The van der Waals surface area contributed by atoms with Gasteiger partial charge in [0.15, 0.2) is 0 Å². The number of aromatic nitrogens is 3. The molecule has 1 N–H and O–H groups in total. The van der Waals surface area contributed by atoms with Crippen molar-refractivity contribution in [1.29, 1.82) is 0 Å². The molecule has 0 radical (unpaired) electrons. The van der Waals surface area contributed by atoms with Crippen LogP contribution in [0.2, 0.25) is 5.02 Å². The number of rotatable bonds is 5. The smallest absolute Gasteiger partial charge is 0.146 e. The summed E-state index contributed by atoms with van der Waals surface area (Å²) in [5, 5.41) is 8.19. The zero-order valence-electron chi connectivity index (χ0n) is 13.3. The van der Waals surface area contributed by atoms with Crippen LogP contribution in [0.5, 0.6) is 0 Å². The first-order valence-corrected chi connectivity index (χ1v) is 9.09. The Morgan fingerprint density at radius 2 is 2.09 bits per heavy atom. The maximum atomic E-state index is 11.3. The highest BCUT2D eigenvalue weighted by Gasteiger charge is 2.18. The fourth-order valence-electron chi connectivity index (χ4n) is 2.15. The molecule has 0 fully saturated rings. The SMILES string of the molecule is CS(=O)Cc1ccc(Cl)c(NCc2ncnn2C(C)(C)C)c1. The van der Waals surface area contributed by atoms with E-state index in [2.05, 4.69) is 36.2 Å². The van der Waals surface area contributed by atoms with E-state index in [0.717, 1.165) is 17.1 Å². The van der Waals surface area contributed by atoms with Crippen LogP contribution in [0.25, 0.3) is 0 Å². The van der Waals surface area contributed by atoms with Gasteiger partial charge in [-0.2, -0.15) is 5.10 Å². The standard InChI is InChI=1S/C15H21ClN4OS/c1-15(2,3)20-14(18-10-19-20)8-17-13-7-11(9-22(4)21)5-6-12(13)16/h5-7,10,17H,8-9H2,1-4H3. The van der Waals surface area contributed by atoms with Crippen molar-refractivity contribution in [3.05, 3.63) is 40.9 Å². The number of anilines is 1. The van der Waals surface area contributed by atoms with Gasteiger partial charge in [0.25, 0.3) is 0 Å². The van der Waals surface area contributed by atoms with Gasteiger partial charge in [-0.1, -0.05) is 17.7 Å². The van der Waals surface area contributed by atoms with Crippen molar-refractivity contribution in [1.82, 2.24) is 14.8 Å². The molecular formula is C15H21ClN4OS. The van der Waals surface area contributed by atoms with Crippen LogP contribution in [-0.4, -0.2) is 25.2 Å². The summed E-state index contributed by atoms with van der Waals surface area (Å²) >= 11 is 6.22. The molecule has 1 aromatic carbocycles. The molecule has 1 atom stereocenters. The minimum absolute atomic E-state index is 0.127. The number of nitrogens with one attached hydrogen (secondary N) is 1. The number of nitrogens with zero attached hydrogens (tertiary/aromatic N) is 3. The molecule has 0 aliphatic heterocycles. The maximum Gasteiger partial charge on any atom is 0.146 e. The summed E-state index contributed by atoms with van der Waals surface area (Å²) in [4.78, 5) is 4.30. The van der Waals surface area contributed by atoms with E-state index in [1.165, 1.54) is 0 Å². The van der Waals surface area contributed by atoms with Crippen molar-refractivity contribution in [3.63, 3.8) is 0 Å². The van der Waals surface area contributed by atoms with E-state index in [9.17, 15) is 4.21 Å². The molecule has 0 spiro atoms. The zero-order valence-corrected chi connectivity index (χ0v) is 14.8. The summed E-state index contributed by atoms with van der Waals surface area (Å²) in [5.74, 6) is 1.36. The van der Waals surface area contributed by atoms with E-state index >= 15 is 0 Å². The normalized spacial score (nSPS) is 13.1. The second-order valence-electron chi connectivity index (χ2n) is 6.14. The van der Waals surface area contributed by atoms with Gasteiger partial charge < -0.3 is 5.32 Å². The lowest BCUT2D eigenvalue weighted by Crippen LogP contribution is -2.26. The van der Waals surface area contributed by atoms with Crippen molar-refractivity contribution in [2.24, 2.45) is 0 Å². The van der Waals surface area contributed by atoms with E-state index in [4.69, 9.17) is 11.6 Å². The quantitative estimate of drug-likeness (QED) is 0.908. The Hall–Kier alpha value is -1.40. The largest absolute Gasteiger partial charge is 0.377 e. The topological polar surface area (TPSA) is 59.8 Å². The van der Waals surface area contributed by atoms with Crippen LogP contribution in [0, 0.1) is 0 Å². The summed E-state index contributed by atoms with van der Waals surface area (Å²) in [7, 11) is -0.878. The highest BCUT2D eigenvalue weighted by atomic mass is 35.5. The lowest BCUT2D eigenvalue weighted by Gasteiger charge is -2.21. The van der Waals surface area contributed by atoms with Gasteiger partial charge in [-0.3, -0.25) is 4.21 Å². The Morgan fingerprint density at radius 1 is 1.36 bits per heavy atom. The third-order valence-corrected chi connectivity index (χ3v) is 4.16. The molecule has 1 unspecified atom stereocenters. The van der Waals surface area contributed by atoms with E-state index < -0.39 is 10.8 Å². The van der Waals surface area contributed by atoms with Crippen molar-refractivity contribution in [2.45, 2.75) is 38.6 Å². The first kappa shape index (κ1) is 17.0. The predicted molar refractivity (Wildman–Crippen MR) is 91.6 cm³/mol. The van der Waals surface area contributed by atoms with E-state index in [1.807, 2.05) is 22.9 Å². The van der Waals surface area contributed by atoms with Crippen LogP contribution >= 0.6 is 11.6 Å². The zero-order chi connectivity index (χ0) is 16.3. The monoisotopic (exact) mass is 340 g/mol. The highest BCUT2D eigenvalue weighted by Crippen LogP contribution is 2.24. The number of hydrogen-bond acceptors (Lipinski definition) is 4. The van der Waals surface area contributed by atoms with Crippen LogP contribution in [0.4, 0.5) is 5.69 Å². The molecule has 5 nitrogen and oxygen atoms in total. The summed E-state index contributed by atoms with van der Waals surface area (Å²) < 4.78 is 13.2. The molecule has 0 amide bonds. The number of benzene rings is 1. The summed E-state index contributed by atoms with van der Waals surface area (Å²) in [5.41, 5.74) is 1.68. The van der Waals surface area contributed by atoms with Gasteiger partial charge in [0, 0.05) is 22.8 Å². The van der Waals surface area contributed by atoms with Gasteiger partial charge in [-0.15, -0.1) is 0 Å². The molecule has 1 heterocycles. The summed E-state index contributed by atoms with van der Waals surface area (Å²) in [6, 6.07) is 5.65. The molecule has 0 bridgehead atoms. The number of halogens is 1. The van der Waals surface area contributed by atoms with E-state index in [0.29, 0.717) is 17.3 Å². The third kappa shape index (κ3) is 4.30. The molecular weight excluding hydrogens is 320 g/mol. The van der Waals surface area contributed by atoms with E-state index in [-0.39, 0.29) is 5.54 Å². The molecule has 0 aliphatic rings. The van der Waals surface area contributed by atoms with Crippen LogP contribution in [-0.2, 0) is 28.6 Å². The molecule has 22 heavy (non-hydrogen) atoms. The Bertz CT molecular complexity index is 678. The molecule has 0 saturated heterocycles. The average Bonchev–Trinajstić information content (AvgIpc) is 2.87. The van der Waals surface area contributed by atoms with Gasteiger partial charge in [0.1, 0.15) is 12.2 Å². The second kappa shape index (κ2) is 6.79. The first-order valence-electron chi connectivity index (χ1n) is 6.99. The molecule has 2 aromatic rings. The predicted octanol–water partition coefficient (Wildman–Crippen LogP) is 3.18. The minimum Gasteiger partial charge on any atom is -0.377 e. The molecule has 2 rings (SSSR count). The Labute approximate surface area is 138 Å². The van der Waals surface area contributed by atoms with Crippen molar-refractivity contribution in [2.75, 3.05) is 11.6 Å². The first-order chi connectivity index (χ1) is 10.3. The molecule has 0 saturated carbocycles. The fraction of sp³-hybridized carbons (Fsp3) is 0.467. The van der Waals surface area contributed by atoms with E-state index in [1.54, 1.807) is 12.6 Å². The highest BCUT2D eigenvalue weighted by molar-refractivity contribution is 7.83. The second-order valence-corrected chi connectivity index (χ2v) is 7.99. The minimum atomic E-state index is -0.878. The molecule has 120 valence electrons.